The molecule has 0 aliphatic carbocycles. The van der Waals surface area contributed by atoms with Crippen molar-refractivity contribution in [2.75, 3.05) is 6.54 Å². The van der Waals surface area contributed by atoms with Gasteiger partial charge in [-0.3, -0.25) is 9.79 Å². The van der Waals surface area contributed by atoms with Gasteiger partial charge in [0.25, 0.3) is 0 Å². The smallest absolute Gasteiger partial charge is 0.326 e. The standard InChI is InChI=1S/C17H32N4O4/c1-13(22)9-6-4-2-3-5-7-11-15(23)21-14(16(24)25)10-8-12-20-17(18)19/h14H,2-12H2,1H3,(H,21,23)(H,24,25)(H4,18,19,20). The Morgan fingerprint density at radius 1 is 0.960 bits per heavy atom. The second kappa shape index (κ2) is 14.2. The van der Waals surface area contributed by atoms with E-state index in [-0.39, 0.29) is 24.1 Å². The van der Waals surface area contributed by atoms with Crippen LogP contribution in [0.25, 0.3) is 0 Å². The van der Waals surface area contributed by atoms with E-state index in [1.807, 2.05) is 0 Å². The molecule has 0 aromatic heterocycles. The van der Waals surface area contributed by atoms with E-state index in [4.69, 9.17) is 16.6 Å². The summed E-state index contributed by atoms with van der Waals surface area (Å²) < 4.78 is 0. The van der Waals surface area contributed by atoms with Crippen LogP contribution in [0.15, 0.2) is 4.99 Å². The number of ketones is 1. The van der Waals surface area contributed by atoms with Crippen LogP contribution < -0.4 is 16.8 Å². The number of carbonyl (C=O) groups is 3. The Bertz CT molecular complexity index is 448. The van der Waals surface area contributed by atoms with Crippen LogP contribution in [-0.4, -0.2) is 41.3 Å². The summed E-state index contributed by atoms with van der Waals surface area (Å²) in [6.45, 7) is 1.94. The Morgan fingerprint density at radius 3 is 2.04 bits per heavy atom. The van der Waals surface area contributed by atoms with Crippen LogP contribution in [0.2, 0.25) is 0 Å². The zero-order chi connectivity index (χ0) is 19.1. The molecule has 1 unspecified atom stereocenters. The van der Waals surface area contributed by atoms with E-state index in [0.29, 0.717) is 25.8 Å². The highest BCUT2D eigenvalue weighted by Crippen LogP contribution is 2.09. The fourth-order valence-electron chi connectivity index (χ4n) is 2.39. The summed E-state index contributed by atoms with van der Waals surface area (Å²) in [5, 5.41) is 11.7. The van der Waals surface area contributed by atoms with E-state index < -0.39 is 12.0 Å². The molecule has 0 heterocycles. The van der Waals surface area contributed by atoms with Gasteiger partial charge in [-0.1, -0.05) is 25.7 Å². The molecule has 1 atom stereocenters. The highest BCUT2D eigenvalue weighted by molar-refractivity contribution is 5.83. The van der Waals surface area contributed by atoms with Gasteiger partial charge in [-0.05, 0) is 32.6 Å². The molecule has 8 nitrogen and oxygen atoms in total. The van der Waals surface area contributed by atoms with Crippen LogP contribution in [-0.2, 0) is 14.4 Å². The van der Waals surface area contributed by atoms with Crippen LogP contribution in [0.5, 0.6) is 0 Å². The molecule has 0 saturated heterocycles. The number of guanidine groups is 1. The van der Waals surface area contributed by atoms with Gasteiger partial charge < -0.3 is 26.7 Å². The number of carbonyl (C=O) groups excluding carboxylic acids is 2. The van der Waals surface area contributed by atoms with Gasteiger partial charge in [0.15, 0.2) is 5.96 Å². The van der Waals surface area contributed by atoms with Crippen LogP contribution in [0.4, 0.5) is 0 Å². The molecule has 0 saturated carbocycles. The zero-order valence-electron chi connectivity index (χ0n) is 15.1. The Hall–Kier alpha value is -2.12. The largest absolute Gasteiger partial charge is 0.480 e. The normalized spacial score (nSPS) is 11.6. The number of unbranched alkanes of at least 4 members (excludes halogenated alkanes) is 5. The van der Waals surface area contributed by atoms with E-state index in [2.05, 4.69) is 10.3 Å². The third-order valence-corrected chi connectivity index (χ3v) is 3.76. The number of aliphatic imine (C=N–C) groups is 1. The van der Waals surface area contributed by atoms with Gasteiger partial charge >= 0.3 is 5.97 Å². The van der Waals surface area contributed by atoms with E-state index in [1.165, 1.54) is 0 Å². The molecule has 0 aliphatic rings. The lowest BCUT2D eigenvalue weighted by Gasteiger charge is -2.14. The molecule has 0 aromatic rings. The maximum absolute atomic E-state index is 11.8. The summed E-state index contributed by atoms with van der Waals surface area (Å²) >= 11 is 0. The van der Waals surface area contributed by atoms with Crippen molar-refractivity contribution in [2.24, 2.45) is 16.5 Å². The average molecular weight is 356 g/mol. The first-order valence-electron chi connectivity index (χ1n) is 8.90. The van der Waals surface area contributed by atoms with E-state index in [9.17, 15) is 14.4 Å². The van der Waals surface area contributed by atoms with Crippen LogP contribution in [0.3, 0.4) is 0 Å². The molecule has 144 valence electrons. The minimum absolute atomic E-state index is 0.0304. The molecule has 0 spiro atoms. The molecule has 0 aliphatic heterocycles. The molecular weight excluding hydrogens is 324 g/mol. The van der Waals surface area contributed by atoms with Crippen molar-refractivity contribution in [3.05, 3.63) is 0 Å². The molecule has 0 aromatic carbocycles. The summed E-state index contributed by atoms with van der Waals surface area (Å²) in [7, 11) is 0. The SMILES string of the molecule is CC(=O)CCCCCCCCC(=O)NC(CCCN=C(N)N)C(=O)O. The average Bonchev–Trinajstić information content (AvgIpc) is 2.52. The number of amides is 1. The zero-order valence-corrected chi connectivity index (χ0v) is 15.1. The highest BCUT2D eigenvalue weighted by Gasteiger charge is 2.18. The Balaban J connectivity index is 3.79. The lowest BCUT2D eigenvalue weighted by molar-refractivity contribution is -0.142. The summed E-state index contributed by atoms with van der Waals surface area (Å²) in [5.41, 5.74) is 10.4. The van der Waals surface area contributed by atoms with Crippen LogP contribution >= 0.6 is 0 Å². The number of Topliss-reactive ketones (excluding diaryl/α,β-unsaturated/α-hetero) is 1. The number of nitrogens with two attached hydrogens (primary N) is 2. The van der Waals surface area contributed by atoms with Crippen molar-refractivity contribution in [1.82, 2.24) is 5.32 Å². The van der Waals surface area contributed by atoms with Crippen molar-refractivity contribution in [2.45, 2.75) is 77.2 Å². The maximum Gasteiger partial charge on any atom is 0.326 e. The van der Waals surface area contributed by atoms with Gasteiger partial charge in [-0.2, -0.15) is 0 Å². The quantitative estimate of drug-likeness (QED) is 0.197. The number of carboxylic acids is 1. The second-order valence-electron chi connectivity index (χ2n) is 6.23. The molecule has 0 fully saturated rings. The van der Waals surface area contributed by atoms with Gasteiger partial charge in [0.2, 0.25) is 5.91 Å². The van der Waals surface area contributed by atoms with Crippen LogP contribution in [0.1, 0.15) is 71.1 Å². The lowest BCUT2D eigenvalue weighted by atomic mass is 10.1. The van der Waals surface area contributed by atoms with Gasteiger partial charge in [-0.15, -0.1) is 0 Å². The molecule has 0 radical (unpaired) electrons. The first-order chi connectivity index (χ1) is 11.8. The Labute approximate surface area is 149 Å². The molecule has 8 heteroatoms. The third kappa shape index (κ3) is 15.2. The number of hydrogen-bond donors (Lipinski definition) is 4. The molecule has 1 amide bonds. The predicted molar refractivity (Wildman–Crippen MR) is 97.1 cm³/mol. The van der Waals surface area contributed by atoms with Crippen molar-refractivity contribution >= 4 is 23.6 Å². The van der Waals surface area contributed by atoms with E-state index in [0.717, 1.165) is 38.5 Å². The summed E-state index contributed by atoms with van der Waals surface area (Å²) in [4.78, 5) is 37.6. The van der Waals surface area contributed by atoms with E-state index in [1.54, 1.807) is 6.92 Å². The van der Waals surface area contributed by atoms with Gasteiger partial charge in [-0.25, -0.2) is 4.79 Å². The molecule has 0 rings (SSSR count). The number of nitrogens with one attached hydrogen (secondary N) is 1. The van der Waals surface area contributed by atoms with Gasteiger partial charge in [0.1, 0.15) is 11.8 Å². The molecule has 25 heavy (non-hydrogen) atoms. The van der Waals surface area contributed by atoms with Crippen molar-refractivity contribution in [3.63, 3.8) is 0 Å². The first kappa shape index (κ1) is 22.9. The Kier molecular flexibility index (Phi) is 13.0. The molecule has 0 bridgehead atoms. The lowest BCUT2D eigenvalue weighted by Crippen LogP contribution is -2.40. The maximum atomic E-state index is 11.8. The van der Waals surface area contributed by atoms with Crippen LogP contribution in [0, 0.1) is 0 Å². The predicted octanol–water partition coefficient (Wildman–Crippen LogP) is 1.32. The first-order valence-corrected chi connectivity index (χ1v) is 8.90. The van der Waals surface area contributed by atoms with E-state index >= 15 is 0 Å². The minimum Gasteiger partial charge on any atom is -0.480 e. The number of nitrogens with zero attached hydrogens (tertiary/aromatic N) is 1. The number of rotatable bonds is 15. The molecule has 6 N–H and O–H groups in total. The number of aliphatic carboxylic acids is 1. The van der Waals surface area contributed by atoms with Gasteiger partial charge in [0.05, 0.1) is 0 Å². The second-order valence-corrected chi connectivity index (χ2v) is 6.23. The summed E-state index contributed by atoms with van der Waals surface area (Å²) in [6.07, 6.45) is 7.42. The van der Waals surface area contributed by atoms with Crippen molar-refractivity contribution < 1.29 is 19.5 Å². The van der Waals surface area contributed by atoms with Gasteiger partial charge in [0, 0.05) is 19.4 Å². The van der Waals surface area contributed by atoms with Crippen molar-refractivity contribution in [3.8, 4) is 0 Å². The fraction of sp³-hybridized carbons (Fsp3) is 0.765. The summed E-state index contributed by atoms with van der Waals surface area (Å²) in [6, 6.07) is -0.909. The molecular formula is C17H32N4O4. The van der Waals surface area contributed by atoms with Crippen molar-refractivity contribution in [1.29, 1.82) is 0 Å². The summed E-state index contributed by atoms with van der Waals surface area (Å²) in [5.74, 6) is -1.10. The fourth-order valence-corrected chi connectivity index (χ4v) is 2.39. The number of hydrogen-bond acceptors (Lipinski definition) is 4. The monoisotopic (exact) mass is 356 g/mol. The third-order valence-electron chi connectivity index (χ3n) is 3.76. The Morgan fingerprint density at radius 2 is 1.52 bits per heavy atom. The highest BCUT2D eigenvalue weighted by atomic mass is 16.4. The minimum atomic E-state index is -1.05. The number of carboxylic acid groups (broad SMARTS) is 1. The topological polar surface area (TPSA) is 148 Å².